The molecule has 0 amide bonds. The fourth-order valence-electron chi connectivity index (χ4n) is 2.96. The lowest BCUT2D eigenvalue weighted by molar-refractivity contribution is 0.625. The molecule has 0 heterocycles. The lowest BCUT2D eigenvalue weighted by Crippen LogP contribution is -2.16. The summed E-state index contributed by atoms with van der Waals surface area (Å²) in [7, 11) is -2.08. The molecule has 128 valence electrons. The van der Waals surface area contributed by atoms with E-state index >= 15 is 0 Å². The van der Waals surface area contributed by atoms with E-state index < -0.39 is 20.6 Å². The summed E-state index contributed by atoms with van der Waals surface area (Å²) in [6.07, 6.45) is 11.4. The SMILES string of the molecule is O=S(=O)=C1CC=CC=C1c1cccc(P)c1C1=CC=CCC1=S(=O)=O. The Labute approximate surface area is 151 Å². The Balaban J connectivity index is 2.35. The van der Waals surface area contributed by atoms with Crippen molar-refractivity contribution in [2.24, 2.45) is 0 Å². The van der Waals surface area contributed by atoms with E-state index in [1.165, 1.54) is 0 Å². The minimum absolute atomic E-state index is 0.301. The fourth-order valence-corrected chi connectivity index (χ4v) is 4.55. The van der Waals surface area contributed by atoms with Gasteiger partial charge in [0.25, 0.3) is 0 Å². The van der Waals surface area contributed by atoms with Crippen LogP contribution in [0.15, 0.2) is 54.7 Å². The van der Waals surface area contributed by atoms with Gasteiger partial charge in [-0.25, -0.2) is 0 Å². The molecule has 0 N–H and O–H groups in total. The molecule has 0 spiro atoms. The summed E-state index contributed by atoms with van der Waals surface area (Å²) >= 11 is 0. The molecular weight excluding hydrogens is 375 g/mol. The van der Waals surface area contributed by atoms with E-state index in [2.05, 4.69) is 9.24 Å². The maximum atomic E-state index is 11.7. The molecular formula is C18H15O4PS2. The first kappa shape index (κ1) is 17.8. The van der Waals surface area contributed by atoms with Gasteiger partial charge in [0.15, 0.2) is 0 Å². The van der Waals surface area contributed by atoms with Gasteiger partial charge in [0.1, 0.15) is 0 Å². The fraction of sp³-hybridized carbons (Fsp3) is 0.111. The number of hydrogen-bond acceptors (Lipinski definition) is 4. The van der Waals surface area contributed by atoms with Gasteiger partial charge in [0.05, 0.1) is 9.73 Å². The topological polar surface area (TPSA) is 68.3 Å². The van der Waals surface area contributed by atoms with Crippen LogP contribution in [-0.4, -0.2) is 26.6 Å². The van der Waals surface area contributed by atoms with Crippen LogP contribution >= 0.6 is 9.24 Å². The summed E-state index contributed by atoms with van der Waals surface area (Å²) in [5, 5.41) is 0.813. The maximum absolute atomic E-state index is 11.7. The van der Waals surface area contributed by atoms with Gasteiger partial charge in [-0.15, -0.1) is 9.24 Å². The quantitative estimate of drug-likeness (QED) is 0.572. The van der Waals surface area contributed by atoms with Crippen LogP contribution in [0.4, 0.5) is 0 Å². The first-order valence-electron chi connectivity index (χ1n) is 7.54. The molecule has 1 atom stereocenters. The second-order valence-corrected chi connectivity index (χ2v) is 8.06. The van der Waals surface area contributed by atoms with Crippen molar-refractivity contribution in [1.82, 2.24) is 0 Å². The predicted molar refractivity (Wildman–Crippen MR) is 107 cm³/mol. The maximum Gasteiger partial charge on any atom is 0.218 e. The standard InChI is InChI=1S/C18H15O4PS2/c19-24(20)16-10-3-1-6-12(16)13-8-5-9-15(23)18(13)14-7-2-4-11-17(14)25(21)22/h1-9H,10-11,23H2. The Morgan fingerprint density at radius 2 is 1.36 bits per heavy atom. The van der Waals surface area contributed by atoms with Crippen molar-refractivity contribution in [2.75, 3.05) is 0 Å². The summed E-state index contributed by atoms with van der Waals surface area (Å²) < 4.78 is 46.6. The van der Waals surface area contributed by atoms with E-state index in [9.17, 15) is 16.8 Å². The smallest absolute Gasteiger partial charge is 0.184 e. The third kappa shape index (κ3) is 3.52. The minimum Gasteiger partial charge on any atom is -0.184 e. The molecule has 4 nitrogen and oxygen atoms in total. The second kappa shape index (κ2) is 7.48. The van der Waals surface area contributed by atoms with E-state index in [-0.39, 0.29) is 0 Å². The van der Waals surface area contributed by atoms with Crippen LogP contribution in [0.3, 0.4) is 0 Å². The van der Waals surface area contributed by atoms with Gasteiger partial charge in [-0.3, -0.25) is 0 Å². The Hall–Kier alpha value is -2.01. The molecule has 0 bridgehead atoms. The number of hydrogen-bond donors (Lipinski definition) is 0. The highest BCUT2D eigenvalue weighted by molar-refractivity contribution is 7.74. The molecule has 1 unspecified atom stereocenters. The van der Waals surface area contributed by atoms with Crippen molar-refractivity contribution in [3.05, 3.63) is 65.8 Å². The van der Waals surface area contributed by atoms with Gasteiger partial charge in [-0.1, -0.05) is 54.7 Å². The summed E-state index contributed by atoms with van der Waals surface area (Å²) in [4.78, 5) is 0.603. The molecule has 2 aliphatic rings. The van der Waals surface area contributed by atoms with Crippen LogP contribution in [0.2, 0.25) is 0 Å². The molecule has 0 saturated carbocycles. The molecule has 0 aliphatic heterocycles. The Kier molecular flexibility index (Phi) is 5.33. The Morgan fingerprint density at radius 1 is 0.800 bits per heavy atom. The van der Waals surface area contributed by atoms with E-state index in [0.717, 1.165) is 10.9 Å². The first-order chi connectivity index (χ1) is 12.0. The van der Waals surface area contributed by atoms with Crippen molar-refractivity contribution in [3.8, 4) is 0 Å². The molecule has 1 aromatic carbocycles. The van der Waals surface area contributed by atoms with Crippen LogP contribution in [0.5, 0.6) is 0 Å². The number of benzene rings is 1. The summed E-state index contributed by atoms with van der Waals surface area (Å²) in [5.41, 5.74) is 2.63. The highest BCUT2D eigenvalue weighted by Crippen LogP contribution is 2.31. The molecule has 0 saturated heterocycles. The highest BCUT2D eigenvalue weighted by Gasteiger charge is 2.22. The van der Waals surface area contributed by atoms with Crippen LogP contribution in [-0.2, 0) is 20.6 Å². The number of allylic oxidation sites excluding steroid dienone is 8. The van der Waals surface area contributed by atoms with Gasteiger partial charge in [-0.2, -0.15) is 16.8 Å². The summed E-state index contributed by atoms with van der Waals surface area (Å²) in [5.74, 6) is 0. The van der Waals surface area contributed by atoms with Gasteiger partial charge >= 0.3 is 0 Å². The minimum atomic E-state index is -2.35. The third-order valence-electron chi connectivity index (χ3n) is 4.06. The predicted octanol–water partition coefficient (Wildman–Crippen LogP) is 1.98. The average molecular weight is 390 g/mol. The normalized spacial score (nSPS) is 16.5. The number of rotatable bonds is 2. The van der Waals surface area contributed by atoms with Gasteiger partial charge < -0.3 is 0 Å². The molecule has 0 radical (unpaired) electrons. The largest absolute Gasteiger partial charge is 0.218 e. The third-order valence-corrected chi connectivity index (χ3v) is 6.12. The zero-order valence-corrected chi connectivity index (χ0v) is 15.9. The van der Waals surface area contributed by atoms with E-state index in [1.54, 1.807) is 24.3 Å². The second-order valence-electron chi connectivity index (χ2n) is 5.51. The molecule has 25 heavy (non-hydrogen) atoms. The van der Waals surface area contributed by atoms with Crippen molar-refractivity contribution < 1.29 is 16.8 Å². The average Bonchev–Trinajstić information content (AvgIpc) is 2.61. The highest BCUT2D eigenvalue weighted by atomic mass is 32.2. The zero-order chi connectivity index (χ0) is 18.0. The zero-order valence-electron chi connectivity index (χ0n) is 13.1. The molecule has 2 aliphatic carbocycles. The van der Waals surface area contributed by atoms with Crippen LogP contribution in [0.1, 0.15) is 24.0 Å². The van der Waals surface area contributed by atoms with Gasteiger partial charge in [-0.05, 0) is 16.4 Å². The molecule has 0 aromatic heterocycles. The lowest BCUT2D eigenvalue weighted by atomic mass is 9.87. The van der Waals surface area contributed by atoms with Crippen LogP contribution < -0.4 is 5.30 Å². The van der Waals surface area contributed by atoms with Gasteiger partial charge in [0.2, 0.25) is 20.6 Å². The van der Waals surface area contributed by atoms with E-state index in [1.807, 2.05) is 30.4 Å². The van der Waals surface area contributed by atoms with Gasteiger partial charge in [0, 0.05) is 24.0 Å². The van der Waals surface area contributed by atoms with Crippen molar-refractivity contribution in [1.29, 1.82) is 0 Å². The Bertz CT molecular complexity index is 1130. The summed E-state index contributed by atoms with van der Waals surface area (Å²) in [6.45, 7) is 0. The molecule has 7 heteroatoms. The van der Waals surface area contributed by atoms with Crippen molar-refractivity contribution in [2.45, 2.75) is 12.8 Å². The first-order valence-corrected chi connectivity index (χ1v) is 10.3. The van der Waals surface area contributed by atoms with Crippen LogP contribution in [0, 0.1) is 0 Å². The Morgan fingerprint density at radius 3 is 1.96 bits per heavy atom. The molecule has 3 rings (SSSR count). The molecule has 1 aromatic rings. The lowest BCUT2D eigenvalue weighted by Gasteiger charge is -2.20. The monoisotopic (exact) mass is 390 g/mol. The van der Waals surface area contributed by atoms with E-state index in [4.69, 9.17) is 0 Å². The van der Waals surface area contributed by atoms with E-state index in [0.29, 0.717) is 39.3 Å². The summed E-state index contributed by atoms with van der Waals surface area (Å²) in [6, 6.07) is 5.52. The van der Waals surface area contributed by atoms with Crippen LogP contribution in [0.25, 0.3) is 11.1 Å². The molecule has 0 fully saturated rings. The van der Waals surface area contributed by atoms with Crippen molar-refractivity contribution in [3.63, 3.8) is 0 Å². The van der Waals surface area contributed by atoms with Crippen molar-refractivity contribution >= 4 is 56.0 Å².